The highest BCUT2D eigenvalue weighted by atomic mass is 14.0. The molecular weight excluding hydrogens is 192 g/mol. The van der Waals surface area contributed by atoms with Gasteiger partial charge in [-0.3, -0.25) is 0 Å². The minimum atomic E-state index is 1.17. The lowest BCUT2D eigenvalue weighted by Gasteiger charge is -2.04. The molecule has 82 valence electrons. The highest BCUT2D eigenvalue weighted by Gasteiger charge is 1.97. The summed E-state index contributed by atoms with van der Waals surface area (Å²) in [5, 5.41) is 0. The van der Waals surface area contributed by atoms with Crippen LogP contribution in [0.4, 0.5) is 0 Å². The molecule has 0 spiro atoms. The van der Waals surface area contributed by atoms with Gasteiger partial charge in [-0.25, -0.2) is 0 Å². The third-order valence-corrected chi connectivity index (χ3v) is 2.84. The van der Waals surface area contributed by atoms with Crippen molar-refractivity contribution in [3.63, 3.8) is 0 Å². The summed E-state index contributed by atoms with van der Waals surface area (Å²) in [4.78, 5) is 0. The molecule has 2 aromatic rings. The molecule has 0 unspecified atom stereocenters. The van der Waals surface area contributed by atoms with Gasteiger partial charge in [0.15, 0.2) is 0 Å². The average molecular weight is 210 g/mol. The molecule has 2 aromatic carbocycles. The predicted molar refractivity (Wildman–Crippen MR) is 70.6 cm³/mol. The van der Waals surface area contributed by atoms with Crippen LogP contribution in [0.5, 0.6) is 0 Å². The fourth-order valence-corrected chi connectivity index (χ4v) is 1.98. The van der Waals surface area contributed by atoms with Crippen molar-refractivity contribution in [2.75, 3.05) is 0 Å². The Bertz CT molecular complexity index is 452. The molecular formula is C16H18. The van der Waals surface area contributed by atoms with Crippen LogP contribution >= 0.6 is 0 Å². The van der Waals surface area contributed by atoms with Gasteiger partial charge in [-0.15, -0.1) is 0 Å². The fourth-order valence-electron chi connectivity index (χ4n) is 1.98. The molecule has 0 radical (unpaired) electrons. The van der Waals surface area contributed by atoms with Gasteiger partial charge in [-0.05, 0) is 30.0 Å². The molecule has 0 fully saturated rings. The summed E-state index contributed by atoms with van der Waals surface area (Å²) >= 11 is 0. The molecule has 0 heteroatoms. The lowest BCUT2D eigenvalue weighted by Crippen LogP contribution is -1.84. The Morgan fingerprint density at radius 1 is 0.875 bits per heavy atom. The maximum atomic E-state index is 2.24. The van der Waals surface area contributed by atoms with E-state index in [4.69, 9.17) is 0 Å². The molecule has 0 saturated heterocycles. The topological polar surface area (TPSA) is 0 Å². The SMILES string of the molecule is CCCc1ccc(-c2cccc(C)c2)cc1. The second kappa shape index (κ2) is 4.98. The monoisotopic (exact) mass is 210 g/mol. The van der Waals surface area contributed by atoms with E-state index in [-0.39, 0.29) is 0 Å². The Morgan fingerprint density at radius 2 is 1.62 bits per heavy atom. The Balaban J connectivity index is 2.27. The summed E-state index contributed by atoms with van der Waals surface area (Å²) < 4.78 is 0. The van der Waals surface area contributed by atoms with Crippen LogP contribution < -0.4 is 0 Å². The van der Waals surface area contributed by atoms with E-state index < -0.39 is 0 Å². The second-order valence-corrected chi connectivity index (χ2v) is 4.32. The first-order chi connectivity index (χ1) is 7.79. The van der Waals surface area contributed by atoms with Gasteiger partial charge in [0, 0.05) is 0 Å². The summed E-state index contributed by atoms with van der Waals surface area (Å²) in [5.41, 5.74) is 5.36. The highest BCUT2D eigenvalue weighted by molar-refractivity contribution is 5.64. The van der Waals surface area contributed by atoms with Gasteiger partial charge in [0.1, 0.15) is 0 Å². The molecule has 2 rings (SSSR count). The summed E-state index contributed by atoms with van der Waals surface area (Å²) in [7, 11) is 0. The Kier molecular flexibility index (Phi) is 3.40. The fraction of sp³-hybridized carbons (Fsp3) is 0.250. The summed E-state index contributed by atoms with van der Waals surface area (Å²) in [6.07, 6.45) is 2.39. The molecule has 0 aliphatic heterocycles. The van der Waals surface area contributed by atoms with Crippen molar-refractivity contribution in [2.45, 2.75) is 26.7 Å². The third kappa shape index (κ3) is 2.52. The van der Waals surface area contributed by atoms with E-state index in [1.54, 1.807) is 0 Å². The molecule has 0 bridgehead atoms. The van der Waals surface area contributed by atoms with Gasteiger partial charge in [0.25, 0.3) is 0 Å². The maximum Gasteiger partial charge on any atom is -0.0181 e. The zero-order valence-electron chi connectivity index (χ0n) is 10.0. The van der Waals surface area contributed by atoms with Crippen LogP contribution in [0, 0.1) is 6.92 Å². The maximum absolute atomic E-state index is 2.24. The number of benzene rings is 2. The zero-order valence-corrected chi connectivity index (χ0v) is 10.0. The predicted octanol–water partition coefficient (Wildman–Crippen LogP) is 4.61. The van der Waals surface area contributed by atoms with Crippen molar-refractivity contribution in [2.24, 2.45) is 0 Å². The standard InChI is InChI=1S/C16H18/c1-3-5-14-8-10-15(11-9-14)16-7-4-6-13(2)12-16/h4,6-12H,3,5H2,1-2H3. The Hall–Kier alpha value is -1.56. The first-order valence-electron chi connectivity index (χ1n) is 5.95. The first kappa shape index (κ1) is 10.9. The average Bonchev–Trinajstić information content (AvgIpc) is 2.30. The van der Waals surface area contributed by atoms with Crippen LogP contribution in [0.15, 0.2) is 48.5 Å². The van der Waals surface area contributed by atoms with E-state index in [0.29, 0.717) is 0 Å². The van der Waals surface area contributed by atoms with E-state index >= 15 is 0 Å². The minimum Gasteiger partial charge on any atom is -0.0651 e. The van der Waals surface area contributed by atoms with Gasteiger partial charge in [0.2, 0.25) is 0 Å². The van der Waals surface area contributed by atoms with Gasteiger partial charge in [0.05, 0.1) is 0 Å². The lowest BCUT2D eigenvalue weighted by atomic mass is 10.0. The minimum absolute atomic E-state index is 1.17. The van der Waals surface area contributed by atoms with E-state index in [0.717, 1.165) is 0 Å². The van der Waals surface area contributed by atoms with Crippen LogP contribution in [-0.2, 0) is 6.42 Å². The molecule has 0 amide bonds. The van der Waals surface area contributed by atoms with Crippen molar-refractivity contribution in [3.05, 3.63) is 59.7 Å². The van der Waals surface area contributed by atoms with Crippen molar-refractivity contribution < 1.29 is 0 Å². The quantitative estimate of drug-likeness (QED) is 0.693. The number of rotatable bonds is 3. The van der Waals surface area contributed by atoms with E-state index in [9.17, 15) is 0 Å². The summed E-state index contributed by atoms with van der Waals surface area (Å²) in [5.74, 6) is 0. The van der Waals surface area contributed by atoms with Crippen LogP contribution in [0.2, 0.25) is 0 Å². The smallest absolute Gasteiger partial charge is 0.0181 e. The van der Waals surface area contributed by atoms with Crippen LogP contribution in [0.1, 0.15) is 24.5 Å². The number of hydrogen-bond acceptors (Lipinski definition) is 0. The van der Waals surface area contributed by atoms with Gasteiger partial charge in [-0.1, -0.05) is 67.4 Å². The zero-order chi connectivity index (χ0) is 11.4. The van der Waals surface area contributed by atoms with E-state index in [1.165, 1.54) is 35.1 Å². The van der Waals surface area contributed by atoms with Crippen LogP contribution in [-0.4, -0.2) is 0 Å². The number of aryl methyl sites for hydroxylation is 2. The molecule has 0 aliphatic carbocycles. The first-order valence-corrected chi connectivity index (χ1v) is 5.95. The second-order valence-electron chi connectivity index (χ2n) is 4.32. The van der Waals surface area contributed by atoms with Crippen LogP contribution in [0.3, 0.4) is 0 Å². The summed E-state index contributed by atoms with van der Waals surface area (Å²) in [6, 6.07) is 17.6. The van der Waals surface area contributed by atoms with Crippen molar-refractivity contribution in [3.8, 4) is 11.1 Å². The molecule has 0 aromatic heterocycles. The van der Waals surface area contributed by atoms with Gasteiger partial charge >= 0.3 is 0 Å². The lowest BCUT2D eigenvalue weighted by molar-refractivity contribution is 0.922. The third-order valence-electron chi connectivity index (χ3n) is 2.84. The molecule has 0 aliphatic rings. The van der Waals surface area contributed by atoms with E-state index in [1.807, 2.05) is 0 Å². The Morgan fingerprint density at radius 3 is 2.25 bits per heavy atom. The number of hydrogen-bond donors (Lipinski definition) is 0. The largest absolute Gasteiger partial charge is 0.0651 e. The molecule has 0 nitrogen and oxygen atoms in total. The molecule has 0 atom stereocenters. The van der Waals surface area contributed by atoms with Crippen molar-refractivity contribution >= 4 is 0 Å². The van der Waals surface area contributed by atoms with Gasteiger partial charge in [-0.2, -0.15) is 0 Å². The Labute approximate surface area is 97.9 Å². The molecule has 0 saturated carbocycles. The van der Waals surface area contributed by atoms with E-state index in [2.05, 4.69) is 62.4 Å². The van der Waals surface area contributed by atoms with Gasteiger partial charge < -0.3 is 0 Å². The van der Waals surface area contributed by atoms with Crippen molar-refractivity contribution in [1.82, 2.24) is 0 Å². The molecule has 16 heavy (non-hydrogen) atoms. The normalized spacial score (nSPS) is 10.4. The molecule has 0 heterocycles. The van der Waals surface area contributed by atoms with Crippen molar-refractivity contribution in [1.29, 1.82) is 0 Å². The highest BCUT2D eigenvalue weighted by Crippen LogP contribution is 2.21. The summed E-state index contributed by atoms with van der Waals surface area (Å²) in [6.45, 7) is 4.35. The van der Waals surface area contributed by atoms with Crippen LogP contribution in [0.25, 0.3) is 11.1 Å². The molecule has 0 N–H and O–H groups in total.